The summed E-state index contributed by atoms with van der Waals surface area (Å²) >= 11 is 5.15. The van der Waals surface area contributed by atoms with E-state index >= 15 is 0 Å². The van der Waals surface area contributed by atoms with Gasteiger partial charge in [0.2, 0.25) is 0 Å². The summed E-state index contributed by atoms with van der Waals surface area (Å²) in [5, 5.41) is 5.56. The van der Waals surface area contributed by atoms with Gasteiger partial charge in [0.15, 0.2) is 4.77 Å². The number of hydrogen-bond donors (Lipinski definition) is 2. The quantitative estimate of drug-likeness (QED) is 0.508. The minimum absolute atomic E-state index is 0.191. The van der Waals surface area contributed by atoms with Crippen molar-refractivity contribution >= 4 is 39.8 Å². The molecule has 0 saturated carbocycles. The molecule has 3 aromatic carbocycles. The molecule has 7 heteroatoms. The fourth-order valence-electron chi connectivity index (χ4n) is 3.24. The lowest BCUT2D eigenvalue weighted by molar-refractivity contribution is 0.0951. The molecule has 0 radical (unpaired) electrons. The van der Waals surface area contributed by atoms with Gasteiger partial charge in [0, 0.05) is 19.2 Å². The minimum Gasteiger partial charge on any atom is -0.497 e. The van der Waals surface area contributed by atoms with Crippen molar-refractivity contribution in [1.82, 2.24) is 14.9 Å². The van der Waals surface area contributed by atoms with E-state index in [2.05, 4.69) is 10.3 Å². The van der Waals surface area contributed by atoms with Gasteiger partial charge in [0.05, 0.1) is 18.0 Å². The summed E-state index contributed by atoms with van der Waals surface area (Å²) in [7, 11) is 3.25. The Balaban J connectivity index is 1.55. The number of carbonyl (C=O) groups is 1. The summed E-state index contributed by atoms with van der Waals surface area (Å²) in [5.74, 6) is 0.588. The highest BCUT2D eigenvalue weighted by Gasteiger charge is 2.09. The lowest BCUT2D eigenvalue weighted by Crippen LogP contribution is -2.23. The molecule has 1 heterocycles. The van der Waals surface area contributed by atoms with Gasteiger partial charge >= 0.3 is 0 Å². The third kappa shape index (κ3) is 3.64. The Morgan fingerprint density at radius 1 is 1.10 bits per heavy atom. The molecule has 4 aromatic rings. The highest BCUT2D eigenvalue weighted by Crippen LogP contribution is 2.22. The average molecular weight is 405 g/mol. The molecule has 146 valence electrons. The van der Waals surface area contributed by atoms with Crippen LogP contribution in [0.3, 0.4) is 0 Å². The normalized spacial score (nSPS) is 11.0. The number of fused-ring (bicyclic) bond motifs is 2. The minimum atomic E-state index is -0.221. The van der Waals surface area contributed by atoms with E-state index in [4.69, 9.17) is 17.0 Å². The number of carbonyl (C=O) groups excluding carboxylic acids is 1. The van der Waals surface area contributed by atoms with Crippen LogP contribution in [0.5, 0.6) is 5.75 Å². The van der Waals surface area contributed by atoms with Gasteiger partial charge in [-0.3, -0.25) is 14.2 Å². The van der Waals surface area contributed by atoms with E-state index in [9.17, 15) is 9.59 Å². The molecule has 0 fully saturated rings. The number of nitrogens with zero attached hydrogens (tertiary/aromatic N) is 1. The average Bonchev–Trinajstić information content (AvgIpc) is 2.75. The second-order valence-corrected chi connectivity index (χ2v) is 7.17. The van der Waals surface area contributed by atoms with Crippen molar-refractivity contribution < 1.29 is 9.53 Å². The molecule has 6 nitrogen and oxygen atoms in total. The number of nitrogens with one attached hydrogen (secondary N) is 2. The van der Waals surface area contributed by atoms with E-state index < -0.39 is 0 Å². The zero-order chi connectivity index (χ0) is 20.5. The zero-order valence-corrected chi connectivity index (χ0v) is 16.8. The van der Waals surface area contributed by atoms with Gasteiger partial charge in [-0.1, -0.05) is 18.2 Å². The summed E-state index contributed by atoms with van der Waals surface area (Å²) in [6.07, 6.45) is 0. The number of H-pyrrole nitrogens is 1. The van der Waals surface area contributed by atoms with Gasteiger partial charge in [-0.05, 0) is 65.0 Å². The van der Waals surface area contributed by atoms with E-state index in [-0.39, 0.29) is 11.5 Å². The topological polar surface area (TPSA) is 76.1 Å². The van der Waals surface area contributed by atoms with Crippen LogP contribution in [0.1, 0.15) is 15.9 Å². The second-order valence-electron chi connectivity index (χ2n) is 6.78. The Labute approximate surface area is 171 Å². The van der Waals surface area contributed by atoms with Crippen LogP contribution in [0.4, 0.5) is 0 Å². The lowest BCUT2D eigenvalue weighted by atomic mass is 10.1. The standard InChI is InChI=1S/C22H19N3O3S/c1-25-21(27)18-8-6-16(11-19(18)24-22(25)29)20(26)23-12-13-3-4-15-10-17(28-2)7-5-14(15)9-13/h3-11H,12H2,1-2H3,(H,23,26)(H,24,29). The van der Waals surface area contributed by atoms with E-state index in [1.807, 2.05) is 36.4 Å². The molecule has 0 bridgehead atoms. The molecule has 0 spiro atoms. The number of aromatic nitrogens is 2. The van der Waals surface area contributed by atoms with Crippen molar-refractivity contribution in [2.75, 3.05) is 7.11 Å². The fourth-order valence-corrected chi connectivity index (χ4v) is 3.43. The molecular weight excluding hydrogens is 386 g/mol. The van der Waals surface area contributed by atoms with Crippen LogP contribution >= 0.6 is 12.2 Å². The highest BCUT2D eigenvalue weighted by molar-refractivity contribution is 7.71. The van der Waals surface area contributed by atoms with E-state index in [0.29, 0.717) is 27.8 Å². The molecule has 0 aliphatic rings. The molecule has 0 unspecified atom stereocenters. The monoisotopic (exact) mass is 405 g/mol. The zero-order valence-electron chi connectivity index (χ0n) is 16.0. The van der Waals surface area contributed by atoms with E-state index in [1.165, 1.54) is 4.57 Å². The van der Waals surface area contributed by atoms with Crippen molar-refractivity contribution in [2.45, 2.75) is 6.54 Å². The second kappa shape index (κ2) is 7.52. The van der Waals surface area contributed by atoms with Crippen molar-refractivity contribution in [1.29, 1.82) is 0 Å². The first-order valence-corrected chi connectivity index (χ1v) is 9.45. The SMILES string of the molecule is COc1ccc2cc(CNC(=O)c3ccc4c(=O)n(C)c(=S)[nH]c4c3)ccc2c1. The lowest BCUT2D eigenvalue weighted by Gasteiger charge is -2.09. The third-order valence-electron chi connectivity index (χ3n) is 4.93. The number of amides is 1. The molecule has 0 saturated heterocycles. The van der Waals surface area contributed by atoms with Crippen LogP contribution in [-0.2, 0) is 13.6 Å². The molecule has 0 atom stereocenters. The van der Waals surface area contributed by atoms with Crippen molar-refractivity contribution in [3.8, 4) is 5.75 Å². The van der Waals surface area contributed by atoms with Gasteiger partial charge < -0.3 is 15.0 Å². The van der Waals surface area contributed by atoms with Crippen LogP contribution in [0.25, 0.3) is 21.7 Å². The van der Waals surface area contributed by atoms with Crippen molar-refractivity contribution in [3.05, 3.63) is 80.8 Å². The number of benzene rings is 3. The molecule has 0 aliphatic heterocycles. The number of methoxy groups -OCH3 is 1. The first-order chi connectivity index (χ1) is 14.0. The van der Waals surface area contributed by atoms with Gasteiger partial charge in [-0.25, -0.2) is 0 Å². The first kappa shape index (κ1) is 18.9. The summed E-state index contributed by atoms with van der Waals surface area (Å²) in [6.45, 7) is 0.394. The number of rotatable bonds is 4. The summed E-state index contributed by atoms with van der Waals surface area (Å²) in [5.41, 5.74) is 1.81. The Kier molecular flexibility index (Phi) is 4.90. The van der Waals surface area contributed by atoms with Crippen molar-refractivity contribution in [2.24, 2.45) is 7.05 Å². The maximum absolute atomic E-state index is 12.6. The van der Waals surface area contributed by atoms with Crippen LogP contribution < -0.4 is 15.6 Å². The Morgan fingerprint density at radius 2 is 1.86 bits per heavy atom. The number of ether oxygens (including phenoxy) is 1. The number of hydrogen-bond acceptors (Lipinski definition) is 4. The van der Waals surface area contributed by atoms with Gasteiger partial charge in [-0.2, -0.15) is 0 Å². The van der Waals surface area contributed by atoms with Crippen LogP contribution in [0.15, 0.2) is 59.4 Å². The first-order valence-electron chi connectivity index (χ1n) is 9.04. The molecule has 1 amide bonds. The summed E-state index contributed by atoms with van der Waals surface area (Å²) < 4.78 is 6.93. The molecule has 2 N–H and O–H groups in total. The third-order valence-corrected chi connectivity index (χ3v) is 5.30. The molecular formula is C22H19N3O3S. The summed E-state index contributed by atoms with van der Waals surface area (Å²) in [4.78, 5) is 27.8. The molecule has 0 aliphatic carbocycles. The van der Waals surface area contributed by atoms with Crippen LogP contribution in [0, 0.1) is 4.77 Å². The smallest absolute Gasteiger partial charge is 0.261 e. The van der Waals surface area contributed by atoms with Crippen LogP contribution in [-0.4, -0.2) is 22.6 Å². The largest absolute Gasteiger partial charge is 0.497 e. The van der Waals surface area contributed by atoms with Gasteiger partial charge in [0.25, 0.3) is 11.5 Å². The highest BCUT2D eigenvalue weighted by atomic mass is 32.1. The Hall–Kier alpha value is -3.45. The predicted molar refractivity (Wildman–Crippen MR) is 116 cm³/mol. The van der Waals surface area contributed by atoms with Crippen LogP contribution in [0.2, 0.25) is 0 Å². The fraction of sp³-hybridized carbons (Fsp3) is 0.136. The molecule has 29 heavy (non-hydrogen) atoms. The maximum atomic E-state index is 12.6. The Morgan fingerprint density at radius 3 is 2.66 bits per heavy atom. The molecule has 1 aromatic heterocycles. The van der Waals surface area contributed by atoms with Gasteiger partial charge in [0.1, 0.15) is 5.75 Å². The maximum Gasteiger partial charge on any atom is 0.261 e. The summed E-state index contributed by atoms with van der Waals surface area (Å²) in [6, 6.07) is 16.8. The Bertz CT molecular complexity index is 1370. The van der Waals surface area contributed by atoms with E-state index in [0.717, 1.165) is 22.1 Å². The van der Waals surface area contributed by atoms with Gasteiger partial charge in [-0.15, -0.1) is 0 Å². The number of aromatic amines is 1. The van der Waals surface area contributed by atoms with Crippen molar-refractivity contribution in [3.63, 3.8) is 0 Å². The van der Waals surface area contributed by atoms with E-state index in [1.54, 1.807) is 32.4 Å². The predicted octanol–water partition coefficient (Wildman–Crippen LogP) is 3.69. The molecule has 4 rings (SSSR count).